The van der Waals surface area contributed by atoms with Gasteiger partial charge < -0.3 is 10.5 Å². The number of nitrogens with two attached hydrogens (primary N) is 1. The van der Waals surface area contributed by atoms with Gasteiger partial charge in [-0.25, -0.2) is 4.98 Å². The van der Waals surface area contributed by atoms with Crippen LogP contribution in [-0.2, 0) is 5.54 Å². The molecule has 1 heterocycles. The Morgan fingerprint density at radius 1 is 1.42 bits per heavy atom. The van der Waals surface area contributed by atoms with E-state index in [9.17, 15) is 0 Å². The number of hydrogen-bond acceptors (Lipinski definition) is 4. The summed E-state index contributed by atoms with van der Waals surface area (Å²) in [5.74, 6) is 0.845. The number of nitrogens with zero attached hydrogens (tertiary/aromatic N) is 1. The maximum atomic E-state index is 6.25. The molecule has 0 fully saturated rings. The first-order valence-electron chi connectivity index (χ1n) is 6.38. The van der Waals surface area contributed by atoms with Gasteiger partial charge >= 0.3 is 0 Å². The van der Waals surface area contributed by atoms with Crippen molar-refractivity contribution < 1.29 is 4.74 Å². The Morgan fingerprint density at radius 3 is 2.79 bits per heavy atom. The Bertz CT molecular complexity index is 575. The van der Waals surface area contributed by atoms with E-state index in [1.54, 1.807) is 18.4 Å². The van der Waals surface area contributed by atoms with Crippen molar-refractivity contribution in [2.24, 2.45) is 5.73 Å². The molecular formula is C15H20N2OS. The number of thiazole rings is 1. The monoisotopic (exact) mass is 276 g/mol. The van der Waals surface area contributed by atoms with Crippen molar-refractivity contribution in [1.82, 2.24) is 4.98 Å². The zero-order valence-electron chi connectivity index (χ0n) is 11.9. The molecule has 2 aromatic rings. The predicted molar refractivity (Wildman–Crippen MR) is 80.7 cm³/mol. The lowest BCUT2D eigenvalue weighted by Gasteiger charge is -2.19. The van der Waals surface area contributed by atoms with Crippen molar-refractivity contribution in [2.45, 2.75) is 32.7 Å². The van der Waals surface area contributed by atoms with Crippen LogP contribution in [0, 0.1) is 6.92 Å². The van der Waals surface area contributed by atoms with Gasteiger partial charge in [-0.15, -0.1) is 11.3 Å². The summed E-state index contributed by atoms with van der Waals surface area (Å²) < 4.78 is 5.41. The fraction of sp³-hybridized carbons (Fsp3) is 0.400. The Morgan fingerprint density at radius 2 is 2.16 bits per heavy atom. The first-order chi connectivity index (χ1) is 8.97. The molecule has 2 N–H and O–H groups in total. The van der Waals surface area contributed by atoms with Crippen LogP contribution in [0.4, 0.5) is 0 Å². The minimum absolute atomic E-state index is 0.361. The zero-order valence-corrected chi connectivity index (χ0v) is 12.7. The normalized spacial score (nSPS) is 14.2. The van der Waals surface area contributed by atoms with E-state index in [-0.39, 0.29) is 5.54 Å². The molecule has 0 aliphatic carbocycles. The summed E-state index contributed by atoms with van der Waals surface area (Å²) in [7, 11) is 1.68. The first-order valence-corrected chi connectivity index (χ1v) is 7.26. The highest BCUT2D eigenvalue weighted by Crippen LogP contribution is 2.34. The molecule has 3 nitrogen and oxygen atoms in total. The van der Waals surface area contributed by atoms with Gasteiger partial charge in [0.05, 0.1) is 18.3 Å². The lowest BCUT2D eigenvalue weighted by molar-refractivity contribution is 0.416. The zero-order chi connectivity index (χ0) is 14.0. The van der Waals surface area contributed by atoms with Gasteiger partial charge in [-0.2, -0.15) is 0 Å². The smallest absolute Gasteiger partial charge is 0.128 e. The number of benzene rings is 1. The summed E-state index contributed by atoms with van der Waals surface area (Å²) in [4.78, 5) is 4.69. The van der Waals surface area contributed by atoms with Gasteiger partial charge in [0.1, 0.15) is 10.8 Å². The van der Waals surface area contributed by atoms with Crippen molar-refractivity contribution >= 4 is 11.3 Å². The minimum atomic E-state index is -0.361. The van der Waals surface area contributed by atoms with E-state index in [1.807, 2.05) is 24.4 Å². The summed E-state index contributed by atoms with van der Waals surface area (Å²) in [6.07, 6.45) is 0.866. The van der Waals surface area contributed by atoms with Crippen LogP contribution in [0.15, 0.2) is 23.6 Å². The number of rotatable bonds is 4. The number of methoxy groups -OCH3 is 1. The summed E-state index contributed by atoms with van der Waals surface area (Å²) in [6.45, 7) is 6.16. The van der Waals surface area contributed by atoms with Crippen molar-refractivity contribution in [1.29, 1.82) is 0 Å². The number of aryl methyl sites for hydroxylation is 1. The molecule has 0 bridgehead atoms. The Kier molecular flexibility index (Phi) is 3.92. The van der Waals surface area contributed by atoms with E-state index >= 15 is 0 Å². The van der Waals surface area contributed by atoms with E-state index in [1.165, 1.54) is 5.56 Å². The van der Waals surface area contributed by atoms with Crippen LogP contribution < -0.4 is 10.5 Å². The molecule has 19 heavy (non-hydrogen) atoms. The lowest BCUT2D eigenvalue weighted by atomic mass is 10.0. The van der Waals surface area contributed by atoms with Gasteiger partial charge in [-0.1, -0.05) is 18.6 Å². The van der Waals surface area contributed by atoms with Crippen molar-refractivity contribution in [3.63, 3.8) is 0 Å². The maximum Gasteiger partial charge on any atom is 0.128 e. The van der Waals surface area contributed by atoms with Crippen molar-refractivity contribution in [2.75, 3.05) is 7.11 Å². The molecule has 4 heteroatoms. The van der Waals surface area contributed by atoms with Crippen LogP contribution >= 0.6 is 11.3 Å². The molecule has 1 atom stereocenters. The Hall–Kier alpha value is -1.39. The molecule has 2 rings (SSSR count). The quantitative estimate of drug-likeness (QED) is 0.926. The fourth-order valence-electron chi connectivity index (χ4n) is 1.83. The molecule has 0 saturated carbocycles. The molecule has 0 aliphatic heterocycles. The van der Waals surface area contributed by atoms with E-state index in [0.717, 1.165) is 28.4 Å². The van der Waals surface area contributed by atoms with E-state index < -0.39 is 0 Å². The fourth-order valence-corrected chi connectivity index (χ4v) is 2.80. The molecule has 0 radical (unpaired) electrons. The second kappa shape index (κ2) is 5.31. The van der Waals surface area contributed by atoms with Crippen molar-refractivity contribution in [3.05, 3.63) is 34.2 Å². The molecule has 0 spiro atoms. The largest absolute Gasteiger partial charge is 0.496 e. The van der Waals surface area contributed by atoms with Crippen LogP contribution in [0.2, 0.25) is 0 Å². The van der Waals surface area contributed by atoms with E-state index in [0.29, 0.717) is 0 Å². The second-order valence-corrected chi connectivity index (χ2v) is 5.87. The van der Waals surface area contributed by atoms with Gasteiger partial charge in [0.15, 0.2) is 0 Å². The third-order valence-corrected chi connectivity index (χ3v) is 4.48. The third kappa shape index (κ3) is 2.80. The molecule has 1 aromatic carbocycles. The van der Waals surface area contributed by atoms with Gasteiger partial charge in [-0.05, 0) is 32.4 Å². The minimum Gasteiger partial charge on any atom is -0.496 e. The standard InChI is InChI=1S/C15H20N2OS/c1-5-15(3,16)14-17-12(9-19-14)11-8-10(2)6-7-13(11)18-4/h6-9H,5,16H2,1-4H3. The maximum absolute atomic E-state index is 6.25. The van der Waals surface area contributed by atoms with Crippen LogP contribution in [0.3, 0.4) is 0 Å². The average Bonchev–Trinajstić information content (AvgIpc) is 2.89. The van der Waals surface area contributed by atoms with Crippen LogP contribution in [0.5, 0.6) is 5.75 Å². The predicted octanol–water partition coefficient (Wildman–Crippen LogP) is 3.71. The van der Waals surface area contributed by atoms with Gasteiger partial charge in [0, 0.05) is 10.9 Å². The third-order valence-electron chi connectivity index (χ3n) is 3.36. The second-order valence-electron chi connectivity index (χ2n) is 5.01. The van der Waals surface area contributed by atoms with E-state index in [2.05, 4.69) is 24.9 Å². The SMILES string of the molecule is CCC(C)(N)c1nc(-c2cc(C)ccc2OC)cs1. The molecule has 0 saturated heterocycles. The highest BCUT2D eigenvalue weighted by atomic mass is 32.1. The van der Waals surface area contributed by atoms with Crippen molar-refractivity contribution in [3.8, 4) is 17.0 Å². The highest BCUT2D eigenvalue weighted by molar-refractivity contribution is 7.10. The Balaban J connectivity index is 2.46. The number of aromatic nitrogens is 1. The number of ether oxygens (including phenoxy) is 1. The number of hydrogen-bond donors (Lipinski definition) is 1. The van der Waals surface area contributed by atoms with E-state index in [4.69, 9.17) is 10.5 Å². The van der Waals surface area contributed by atoms with Gasteiger partial charge in [0.25, 0.3) is 0 Å². The molecule has 102 valence electrons. The average molecular weight is 276 g/mol. The molecule has 1 aromatic heterocycles. The van der Waals surface area contributed by atoms with Crippen LogP contribution in [0.25, 0.3) is 11.3 Å². The summed E-state index contributed by atoms with van der Waals surface area (Å²) >= 11 is 1.61. The topological polar surface area (TPSA) is 48.1 Å². The highest BCUT2D eigenvalue weighted by Gasteiger charge is 2.23. The summed E-state index contributed by atoms with van der Waals surface area (Å²) in [5.41, 5.74) is 9.04. The molecule has 0 amide bonds. The van der Waals surface area contributed by atoms with Crippen LogP contribution in [0.1, 0.15) is 30.8 Å². The lowest BCUT2D eigenvalue weighted by Crippen LogP contribution is -2.31. The Labute approximate surface area is 118 Å². The molecule has 1 unspecified atom stereocenters. The first kappa shape index (κ1) is 14.0. The molecular weight excluding hydrogens is 256 g/mol. The van der Waals surface area contributed by atoms with Crippen LogP contribution in [-0.4, -0.2) is 12.1 Å². The summed E-state index contributed by atoms with van der Waals surface area (Å²) in [5, 5.41) is 3.02. The summed E-state index contributed by atoms with van der Waals surface area (Å²) in [6, 6.07) is 6.11. The van der Waals surface area contributed by atoms with Gasteiger partial charge in [-0.3, -0.25) is 0 Å². The van der Waals surface area contributed by atoms with Gasteiger partial charge in [0.2, 0.25) is 0 Å². The molecule has 0 aliphatic rings.